The van der Waals surface area contributed by atoms with Crippen molar-refractivity contribution in [1.29, 1.82) is 0 Å². The molecule has 0 atom stereocenters. The Morgan fingerprint density at radius 1 is 1.44 bits per heavy atom. The highest BCUT2D eigenvalue weighted by atomic mass is 16.5. The monoisotopic (exact) mass is 250 g/mol. The highest BCUT2D eigenvalue weighted by Crippen LogP contribution is 2.22. The minimum absolute atomic E-state index is 0.0281. The van der Waals surface area contributed by atoms with Crippen molar-refractivity contribution in [2.45, 2.75) is 26.7 Å². The van der Waals surface area contributed by atoms with Crippen molar-refractivity contribution in [1.82, 2.24) is 0 Å². The van der Waals surface area contributed by atoms with Gasteiger partial charge in [0.2, 0.25) is 0 Å². The number of aliphatic carboxylic acids is 1. The number of aryl methyl sites for hydroxylation is 1. The summed E-state index contributed by atoms with van der Waals surface area (Å²) in [6, 6.07) is 5.09. The van der Waals surface area contributed by atoms with Crippen LogP contribution in [0.2, 0.25) is 0 Å². The maximum atomic E-state index is 10.7. The van der Waals surface area contributed by atoms with Crippen LogP contribution >= 0.6 is 0 Å². The predicted octanol–water partition coefficient (Wildman–Crippen LogP) is 2.55. The van der Waals surface area contributed by atoms with Gasteiger partial charge >= 0.3 is 5.97 Å². The summed E-state index contributed by atoms with van der Waals surface area (Å²) in [5, 5.41) is 8.70. The first kappa shape index (κ1) is 14.2. The highest BCUT2D eigenvalue weighted by Gasteiger charge is 2.08. The van der Waals surface area contributed by atoms with E-state index in [1.54, 1.807) is 18.2 Å². The molecule has 0 aliphatic rings. The molecule has 18 heavy (non-hydrogen) atoms. The molecule has 1 rings (SSSR count). The summed E-state index contributed by atoms with van der Waals surface area (Å²) in [4.78, 5) is 21.3. The minimum Gasteiger partial charge on any atom is -0.493 e. The molecule has 0 spiro atoms. The Hall–Kier alpha value is -1.84. The number of aldehydes is 1. The second-order valence-corrected chi connectivity index (χ2v) is 4.58. The zero-order chi connectivity index (χ0) is 13.5. The van der Waals surface area contributed by atoms with Crippen LogP contribution in [-0.4, -0.2) is 24.0 Å². The molecule has 0 fully saturated rings. The van der Waals surface area contributed by atoms with Crippen LogP contribution in [0.1, 0.15) is 36.2 Å². The maximum absolute atomic E-state index is 10.7. The molecule has 0 saturated carbocycles. The lowest BCUT2D eigenvalue weighted by molar-refractivity contribution is -0.136. The van der Waals surface area contributed by atoms with E-state index in [2.05, 4.69) is 0 Å². The molecular formula is C14H18O4. The predicted molar refractivity (Wildman–Crippen MR) is 68.1 cm³/mol. The van der Waals surface area contributed by atoms with Gasteiger partial charge in [0.25, 0.3) is 0 Å². The summed E-state index contributed by atoms with van der Waals surface area (Å²) in [5.74, 6) is 0.194. The Bertz CT molecular complexity index is 424. The van der Waals surface area contributed by atoms with Crippen molar-refractivity contribution in [3.63, 3.8) is 0 Å². The second kappa shape index (κ2) is 6.79. The topological polar surface area (TPSA) is 63.6 Å². The van der Waals surface area contributed by atoms with Crippen LogP contribution in [0, 0.1) is 5.92 Å². The first-order chi connectivity index (χ1) is 8.52. The van der Waals surface area contributed by atoms with Gasteiger partial charge in [0.15, 0.2) is 0 Å². The van der Waals surface area contributed by atoms with Crippen LogP contribution < -0.4 is 4.74 Å². The molecule has 1 aromatic carbocycles. The average molecular weight is 250 g/mol. The highest BCUT2D eigenvalue weighted by molar-refractivity contribution is 5.76. The van der Waals surface area contributed by atoms with Crippen LogP contribution in [0.4, 0.5) is 0 Å². The van der Waals surface area contributed by atoms with Crippen molar-refractivity contribution >= 4 is 12.3 Å². The van der Waals surface area contributed by atoms with Crippen LogP contribution in [-0.2, 0) is 11.2 Å². The molecule has 0 aliphatic carbocycles. The summed E-state index contributed by atoms with van der Waals surface area (Å²) < 4.78 is 5.62. The van der Waals surface area contributed by atoms with Crippen molar-refractivity contribution in [2.24, 2.45) is 5.92 Å². The smallest absolute Gasteiger partial charge is 0.303 e. The van der Waals surface area contributed by atoms with Gasteiger partial charge in [-0.05, 0) is 36.1 Å². The molecule has 0 aliphatic heterocycles. The zero-order valence-electron chi connectivity index (χ0n) is 10.7. The number of benzene rings is 1. The van der Waals surface area contributed by atoms with E-state index in [0.29, 0.717) is 30.3 Å². The molecule has 0 amide bonds. The summed E-state index contributed by atoms with van der Waals surface area (Å²) in [6.45, 7) is 4.65. The third kappa shape index (κ3) is 4.57. The molecule has 0 unspecified atom stereocenters. The molecule has 1 aromatic rings. The number of rotatable bonds is 7. The Labute approximate surface area is 107 Å². The van der Waals surface area contributed by atoms with E-state index in [9.17, 15) is 9.59 Å². The molecular weight excluding hydrogens is 232 g/mol. The van der Waals surface area contributed by atoms with Gasteiger partial charge in [-0.1, -0.05) is 13.8 Å². The van der Waals surface area contributed by atoms with Crippen molar-refractivity contribution in [3.05, 3.63) is 29.3 Å². The number of hydrogen-bond donors (Lipinski definition) is 1. The number of carboxylic acid groups (broad SMARTS) is 1. The number of hydrogen-bond acceptors (Lipinski definition) is 3. The van der Waals surface area contributed by atoms with Crippen LogP contribution in [0.5, 0.6) is 5.75 Å². The average Bonchev–Trinajstić information content (AvgIpc) is 2.34. The third-order valence-electron chi connectivity index (χ3n) is 2.40. The third-order valence-corrected chi connectivity index (χ3v) is 2.40. The van der Waals surface area contributed by atoms with Gasteiger partial charge in [0.1, 0.15) is 12.0 Å². The fourth-order valence-corrected chi connectivity index (χ4v) is 1.51. The van der Waals surface area contributed by atoms with E-state index in [4.69, 9.17) is 9.84 Å². The van der Waals surface area contributed by atoms with E-state index in [1.807, 2.05) is 13.8 Å². The van der Waals surface area contributed by atoms with Gasteiger partial charge in [-0.25, -0.2) is 0 Å². The van der Waals surface area contributed by atoms with Gasteiger partial charge in [-0.3, -0.25) is 9.59 Å². The first-order valence-corrected chi connectivity index (χ1v) is 5.95. The van der Waals surface area contributed by atoms with Gasteiger partial charge in [-0.2, -0.15) is 0 Å². The number of ether oxygens (including phenoxy) is 1. The Morgan fingerprint density at radius 3 is 2.72 bits per heavy atom. The Morgan fingerprint density at radius 2 is 2.17 bits per heavy atom. The van der Waals surface area contributed by atoms with Crippen LogP contribution in [0.3, 0.4) is 0 Å². The first-order valence-electron chi connectivity index (χ1n) is 5.95. The summed E-state index contributed by atoms with van der Waals surface area (Å²) in [7, 11) is 0. The molecule has 0 heterocycles. The van der Waals surface area contributed by atoms with E-state index in [-0.39, 0.29) is 6.42 Å². The quantitative estimate of drug-likeness (QED) is 0.755. The lowest BCUT2D eigenvalue weighted by atomic mass is 10.1. The fourth-order valence-electron chi connectivity index (χ4n) is 1.51. The number of carboxylic acids is 1. The van der Waals surface area contributed by atoms with Crippen molar-refractivity contribution in [2.75, 3.05) is 6.61 Å². The standard InChI is InChI=1S/C14H18O4/c1-10(2)9-18-13-5-3-11(8-15)7-12(13)4-6-14(16)17/h3,5,7-8,10H,4,6,9H2,1-2H3,(H,16,17). The second-order valence-electron chi connectivity index (χ2n) is 4.58. The maximum Gasteiger partial charge on any atom is 0.303 e. The fraction of sp³-hybridized carbons (Fsp3) is 0.429. The normalized spacial score (nSPS) is 10.4. The molecule has 4 heteroatoms. The molecule has 0 saturated heterocycles. The number of carbonyl (C=O) groups is 2. The van der Waals surface area contributed by atoms with Gasteiger partial charge in [0, 0.05) is 12.0 Å². The lowest BCUT2D eigenvalue weighted by Crippen LogP contribution is -2.07. The van der Waals surface area contributed by atoms with Gasteiger partial charge in [0.05, 0.1) is 6.61 Å². The largest absolute Gasteiger partial charge is 0.493 e. The SMILES string of the molecule is CC(C)COc1ccc(C=O)cc1CCC(=O)O. The molecule has 0 aromatic heterocycles. The Kier molecular flexibility index (Phi) is 5.36. The Balaban J connectivity index is 2.85. The van der Waals surface area contributed by atoms with Crippen molar-refractivity contribution < 1.29 is 19.4 Å². The minimum atomic E-state index is -0.860. The van der Waals surface area contributed by atoms with E-state index in [1.165, 1.54) is 0 Å². The lowest BCUT2D eigenvalue weighted by Gasteiger charge is -2.13. The summed E-state index contributed by atoms with van der Waals surface area (Å²) in [6.07, 6.45) is 1.14. The van der Waals surface area contributed by atoms with Crippen molar-refractivity contribution in [3.8, 4) is 5.75 Å². The molecule has 1 N–H and O–H groups in total. The zero-order valence-corrected chi connectivity index (χ0v) is 10.7. The molecule has 0 bridgehead atoms. The molecule has 0 radical (unpaired) electrons. The number of carbonyl (C=O) groups excluding carboxylic acids is 1. The van der Waals surface area contributed by atoms with E-state index in [0.717, 1.165) is 11.8 Å². The van der Waals surface area contributed by atoms with Gasteiger partial charge in [-0.15, -0.1) is 0 Å². The summed E-state index contributed by atoms with van der Waals surface area (Å²) in [5.41, 5.74) is 1.30. The molecule has 98 valence electrons. The summed E-state index contributed by atoms with van der Waals surface area (Å²) >= 11 is 0. The van der Waals surface area contributed by atoms with Crippen LogP contribution in [0.25, 0.3) is 0 Å². The van der Waals surface area contributed by atoms with Gasteiger partial charge < -0.3 is 9.84 Å². The van der Waals surface area contributed by atoms with Crippen LogP contribution in [0.15, 0.2) is 18.2 Å². The van der Waals surface area contributed by atoms with E-state index >= 15 is 0 Å². The van der Waals surface area contributed by atoms with E-state index < -0.39 is 5.97 Å². The molecule has 4 nitrogen and oxygen atoms in total.